The molecular weight excluding hydrogens is 468 g/mol. The normalized spacial score (nSPS) is 13.9. The lowest BCUT2D eigenvalue weighted by molar-refractivity contribution is 0.0934. The van der Waals surface area contributed by atoms with Gasteiger partial charge in [-0.3, -0.25) is 9.52 Å². The third-order valence-corrected chi connectivity index (χ3v) is 5.88. The zero-order chi connectivity index (χ0) is 24.6. The molecule has 1 unspecified atom stereocenters. The summed E-state index contributed by atoms with van der Waals surface area (Å²) < 4.78 is 63.9. The monoisotopic (exact) mass is 489 g/mol. The van der Waals surface area contributed by atoms with Crippen LogP contribution in [0.25, 0.3) is 5.57 Å². The van der Waals surface area contributed by atoms with Crippen molar-refractivity contribution in [1.29, 1.82) is 0 Å². The quantitative estimate of drug-likeness (QED) is 0.503. The number of nitrogens with one attached hydrogen (secondary N) is 2. The van der Waals surface area contributed by atoms with E-state index in [1.165, 1.54) is 6.92 Å². The summed E-state index contributed by atoms with van der Waals surface area (Å²) in [6.07, 6.45) is 3.37. The number of halogens is 2. The first-order chi connectivity index (χ1) is 16.0. The summed E-state index contributed by atoms with van der Waals surface area (Å²) in [5, 5.41) is 2.56. The van der Waals surface area contributed by atoms with Crippen molar-refractivity contribution in [2.75, 3.05) is 11.0 Å². The third kappa shape index (κ3) is 4.93. The van der Waals surface area contributed by atoms with E-state index in [-0.39, 0.29) is 17.3 Å². The van der Waals surface area contributed by atoms with Gasteiger partial charge in [0, 0.05) is 5.56 Å². The van der Waals surface area contributed by atoms with Gasteiger partial charge in [0.25, 0.3) is 5.91 Å². The minimum absolute atomic E-state index is 0.0856. The second kappa shape index (κ2) is 8.90. The number of fused-ring (bicyclic) bond motifs is 1. The van der Waals surface area contributed by atoms with Crippen LogP contribution >= 0.6 is 0 Å². The number of nitrogens with zero attached hydrogens (tertiary/aromatic N) is 1. The molecule has 1 aliphatic carbocycles. The Morgan fingerprint density at radius 3 is 2.62 bits per heavy atom. The molecule has 0 fully saturated rings. The lowest BCUT2D eigenvalue weighted by atomic mass is 10.1. The zero-order valence-electron chi connectivity index (χ0n) is 18.3. The Balaban J connectivity index is 1.46. The second-order valence-electron chi connectivity index (χ2n) is 7.92. The zero-order valence-corrected chi connectivity index (χ0v) is 19.1. The van der Waals surface area contributed by atoms with Gasteiger partial charge in [0.15, 0.2) is 17.3 Å². The number of anilines is 1. The fraction of sp³-hybridized carbons (Fsp3) is 0.217. The summed E-state index contributed by atoms with van der Waals surface area (Å²) in [5.74, 6) is -2.32. The summed E-state index contributed by atoms with van der Waals surface area (Å²) in [5.41, 5.74) is 2.24. The van der Waals surface area contributed by atoms with Gasteiger partial charge in [-0.1, -0.05) is 18.7 Å². The summed E-state index contributed by atoms with van der Waals surface area (Å²) in [6.45, 7) is 5.54. The van der Waals surface area contributed by atoms with Gasteiger partial charge in [0.2, 0.25) is 10.0 Å². The number of rotatable bonds is 7. The molecule has 1 aromatic heterocycles. The highest BCUT2D eigenvalue weighted by atomic mass is 32.2. The van der Waals surface area contributed by atoms with Crippen LogP contribution in [0, 0.1) is 11.6 Å². The van der Waals surface area contributed by atoms with Crippen LogP contribution < -0.4 is 14.8 Å². The van der Waals surface area contributed by atoms with E-state index in [9.17, 15) is 22.0 Å². The molecule has 3 aromatic rings. The number of sulfonamides is 1. The Morgan fingerprint density at radius 2 is 1.94 bits per heavy atom. The van der Waals surface area contributed by atoms with E-state index < -0.39 is 39.3 Å². The number of aromatic nitrogens is 1. The molecule has 2 N–H and O–H groups in total. The van der Waals surface area contributed by atoms with Crippen molar-refractivity contribution >= 4 is 27.2 Å². The van der Waals surface area contributed by atoms with E-state index >= 15 is 0 Å². The molecule has 0 aliphatic heterocycles. The van der Waals surface area contributed by atoms with E-state index in [2.05, 4.69) is 16.9 Å². The summed E-state index contributed by atoms with van der Waals surface area (Å²) in [6, 6.07) is 6.61. The molecule has 1 heterocycles. The van der Waals surface area contributed by atoms with Gasteiger partial charge in [0.1, 0.15) is 17.7 Å². The number of carbonyl (C=O) groups excluding carboxylic acids is 1. The maximum absolute atomic E-state index is 14.3. The molecule has 34 heavy (non-hydrogen) atoms. The van der Waals surface area contributed by atoms with Gasteiger partial charge >= 0.3 is 6.08 Å². The molecule has 178 valence electrons. The van der Waals surface area contributed by atoms with Crippen LogP contribution in [0.3, 0.4) is 0 Å². The maximum atomic E-state index is 14.3. The van der Waals surface area contributed by atoms with Gasteiger partial charge in [-0.15, -0.1) is 0 Å². The van der Waals surface area contributed by atoms with Crippen LogP contribution in [0.5, 0.6) is 11.8 Å². The number of hydrogen-bond acceptors (Lipinski definition) is 6. The van der Waals surface area contributed by atoms with Crippen molar-refractivity contribution in [2.45, 2.75) is 25.8 Å². The molecule has 8 nitrogen and oxygen atoms in total. The predicted octanol–water partition coefficient (Wildman–Crippen LogP) is 4.57. The molecule has 11 heteroatoms. The number of allylic oxidation sites excluding steroid dienone is 1. The van der Waals surface area contributed by atoms with Crippen LogP contribution in [0.4, 0.5) is 14.5 Å². The van der Waals surface area contributed by atoms with Crippen LogP contribution in [0.15, 0.2) is 47.6 Å². The fourth-order valence-electron chi connectivity index (χ4n) is 3.64. The fourth-order valence-corrected chi connectivity index (χ4v) is 4.21. The van der Waals surface area contributed by atoms with Crippen LogP contribution in [0.1, 0.15) is 46.6 Å². The van der Waals surface area contributed by atoms with Crippen LogP contribution in [-0.2, 0) is 16.4 Å². The average molecular weight is 490 g/mol. The first kappa shape index (κ1) is 23.4. The average Bonchev–Trinajstić information content (AvgIpc) is 3.37. The molecule has 2 aromatic carbocycles. The van der Waals surface area contributed by atoms with E-state index in [1.807, 2.05) is 12.1 Å². The Morgan fingerprint density at radius 1 is 1.24 bits per heavy atom. The van der Waals surface area contributed by atoms with Crippen molar-refractivity contribution in [2.24, 2.45) is 0 Å². The van der Waals surface area contributed by atoms with E-state index in [1.54, 1.807) is 10.8 Å². The van der Waals surface area contributed by atoms with Crippen molar-refractivity contribution in [3.63, 3.8) is 0 Å². The maximum Gasteiger partial charge on any atom is 0.399 e. The highest BCUT2D eigenvalue weighted by Gasteiger charge is 2.22. The topological polar surface area (TPSA) is 111 Å². The van der Waals surface area contributed by atoms with E-state index in [4.69, 9.17) is 9.15 Å². The smallest absolute Gasteiger partial charge is 0.399 e. The second-order valence-corrected chi connectivity index (χ2v) is 9.66. The molecule has 0 saturated carbocycles. The molecule has 0 spiro atoms. The minimum Gasteiger partial charge on any atom is -0.416 e. The van der Waals surface area contributed by atoms with Crippen LogP contribution in [-0.4, -0.2) is 25.6 Å². The number of ether oxygens (including phenoxy) is 1. The number of oxazole rings is 1. The van der Waals surface area contributed by atoms with Crippen molar-refractivity contribution in [3.05, 3.63) is 77.2 Å². The SMILES string of the molecule is C=C1CCc2c(Oc3nc(C(=O)NC(C)c4cc(F)c(NS(C)(=O)=O)c(F)c4)co3)cccc21. The standard InChI is InChI=1S/C23H21F2N3O5S/c1-12-7-8-16-15(12)5-4-6-20(16)33-23-27-19(11-32-23)22(29)26-13(2)14-9-17(24)21(18(25)10-14)28-34(3,30)31/h4-6,9-11,13,28H,1,7-8H2,2-3H3,(H,26,29). The summed E-state index contributed by atoms with van der Waals surface area (Å²) in [7, 11) is -3.87. The predicted molar refractivity (Wildman–Crippen MR) is 121 cm³/mol. The first-order valence-corrected chi connectivity index (χ1v) is 12.1. The molecule has 1 aliphatic rings. The number of benzene rings is 2. The number of amides is 1. The van der Waals surface area contributed by atoms with Gasteiger partial charge in [-0.2, -0.15) is 4.98 Å². The summed E-state index contributed by atoms with van der Waals surface area (Å²) >= 11 is 0. The molecule has 1 atom stereocenters. The first-order valence-electron chi connectivity index (χ1n) is 10.2. The van der Waals surface area contributed by atoms with Crippen LogP contribution in [0.2, 0.25) is 0 Å². The number of hydrogen-bond donors (Lipinski definition) is 2. The summed E-state index contributed by atoms with van der Waals surface area (Å²) in [4.78, 5) is 16.6. The van der Waals surface area contributed by atoms with Gasteiger partial charge < -0.3 is 14.5 Å². The Hall–Kier alpha value is -3.73. The van der Waals surface area contributed by atoms with Crippen molar-refractivity contribution in [1.82, 2.24) is 10.3 Å². The van der Waals surface area contributed by atoms with Gasteiger partial charge in [-0.05, 0) is 54.7 Å². The van der Waals surface area contributed by atoms with E-state index in [0.717, 1.165) is 54.2 Å². The van der Waals surface area contributed by atoms with E-state index in [0.29, 0.717) is 5.75 Å². The molecule has 0 saturated heterocycles. The molecule has 1 amide bonds. The lowest BCUT2D eigenvalue weighted by Crippen LogP contribution is -2.27. The largest absolute Gasteiger partial charge is 0.416 e. The highest BCUT2D eigenvalue weighted by molar-refractivity contribution is 7.92. The van der Waals surface area contributed by atoms with Crippen molar-refractivity contribution < 1.29 is 31.1 Å². The Labute approximate surface area is 194 Å². The lowest BCUT2D eigenvalue weighted by Gasteiger charge is -2.15. The molecule has 0 radical (unpaired) electrons. The Kier molecular flexibility index (Phi) is 6.13. The molecule has 0 bridgehead atoms. The Bertz CT molecular complexity index is 1380. The third-order valence-electron chi connectivity index (χ3n) is 5.30. The minimum atomic E-state index is -3.87. The molecular formula is C23H21F2N3O5S. The van der Waals surface area contributed by atoms with Gasteiger partial charge in [-0.25, -0.2) is 17.2 Å². The van der Waals surface area contributed by atoms with Crippen molar-refractivity contribution in [3.8, 4) is 11.8 Å². The highest BCUT2D eigenvalue weighted by Crippen LogP contribution is 2.38. The molecule has 4 rings (SSSR count). The van der Waals surface area contributed by atoms with Gasteiger partial charge in [0.05, 0.1) is 12.3 Å². The number of carbonyl (C=O) groups is 1.